The highest BCUT2D eigenvalue weighted by Gasteiger charge is 2.33. The quantitative estimate of drug-likeness (QED) is 0.307. The van der Waals surface area contributed by atoms with Crippen molar-refractivity contribution in [3.63, 3.8) is 0 Å². The highest BCUT2D eigenvalue weighted by molar-refractivity contribution is 7.54. The van der Waals surface area contributed by atoms with E-state index in [0.29, 0.717) is 13.2 Å². The topological polar surface area (TPSA) is 35.5 Å². The van der Waals surface area contributed by atoms with Crippen LogP contribution in [-0.2, 0) is 13.6 Å². The smallest absolute Gasteiger partial charge is 0.309 e. The van der Waals surface area contributed by atoms with Gasteiger partial charge in [-0.3, -0.25) is 4.57 Å². The maximum Gasteiger partial charge on any atom is 0.333 e. The van der Waals surface area contributed by atoms with Crippen LogP contribution in [0.2, 0.25) is 0 Å². The molecular formula is C18H39O3P. The molecule has 0 N–H and O–H groups in total. The van der Waals surface area contributed by atoms with Crippen LogP contribution in [0.3, 0.4) is 0 Å². The fraction of sp³-hybridized carbons (Fsp3) is 0.889. The van der Waals surface area contributed by atoms with E-state index >= 15 is 0 Å². The molecule has 1 atom stereocenters. The molecule has 134 valence electrons. The SMILES string of the molecule is C/C=C/C.CCOP(=O)(OCC)C(CC)CCC(CC)CC. The molecule has 0 aromatic carbocycles. The van der Waals surface area contributed by atoms with Crippen LogP contribution in [0.15, 0.2) is 12.2 Å². The number of rotatable bonds is 11. The van der Waals surface area contributed by atoms with E-state index < -0.39 is 7.60 Å². The van der Waals surface area contributed by atoms with E-state index in [-0.39, 0.29) is 5.66 Å². The number of hydrogen-bond donors (Lipinski definition) is 0. The second-order valence-electron chi connectivity index (χ2n) is 5.36. The summed E-state index contributed by atoms with van der Waals surface area (Å²) in [5.41, 5.74) is 0.0537. The molecule has 0 rings (SSSR count). The summed E-state index contributed by atoms with van der Waals surface area (Å²) in [6, 6.07) is 0. The van der Waals surface area contributed by atoms with Gasteiger partial charge in [0.05, 0.1) is 18.9 Å². The molecule has 0 fully saturated rings. The van der Waals surface area contributed by atoms with Crippen LogP contribution in [0, 0.1) is 5.92 Å². The van der Waals surface area contributed by atoms with E-state index in [4.69, 9.17) is 9.05 Å². The number of hydrogen-bond acceptors (Lipinski definition) is 3. The molecule has 1 unspecified atom stereocenters. The van der Waals surface area contributed by atoms with Crippen LogP contribution in [0.25, 0.3) is 0 Å². The average Bonchev–Trinajstić information content (AvgIpc) is 2.52. The van der Waals surface area contributed by atoms with Gasteiger partial charge in [0.15, 0.2) is 0 Å². The molecule has 0 bridgehead atoms. The van der Waals surface area contributed by atoms with Crippen molar-refractivity contribution < 1.29 is 13.6 Å². The van der Waals surface area contributed by atoms with Crippen LogP contribution < -0.4 is 0 Å². The van der Waals surface area contributed by atoms with Crippen molar-refractivity contribution in [1.29, 1.82) is 0 Å². The summed E-state index contributed by atoms with van der Waals surface area (Å²) in [5.74, 6) is 0.732. The van der Waals surface area contributed by atoms with Crippen LogP contribution >= 0.6 is 7.60 Å². The zero-order valence-corrected chi connectivity index (χ0v) is 16.8. The van der Waals surface area contributed by atoms with Crippen LogP contribution in [0.1, 0.15) is 80.6 Å². The van der Waals surface area contributed by atoms with Crippen molar-refractivity contribution in [2.24, 2.45) is 5.92 Å². The molecule has 3 nitrogen and oxygen atoms in total. The van der Waals surface area contributed by atoms with E-state index in [1.807, 2.05) is 39.8 Å². The molecule has 0 aliphatic rings. The van der Waals surface area contributed by atoms with Gasteiger partial charge in [0.2, 0.25) is 0 Å². The second-order valence-corrected chi connectivity index (χ2v) is 7.69. The standard InChI is InChI=1S/C14H31O3P.C4H8/c1-6-13(7-2)11-12-14(8-3)18(15,16-9-4)17-10-5;1-3-4-2/h13-14H,6-12H2,1-5H3;3-4H,1-2H3/b;4-3+. The lowest BCUT2D eigenvalue weighted by Crippen LogP contribution is -2.14. The summed E-state index contributed by atoms with van der Waals surface area (Å²) in [6.45, 7) is 15.2. The van der Waals surface area contributed by atoms with E-state index in [2.05, 4.69) is 20.8 Å². The lowest BCUT2D eigenvalue weighted by Gasteiger charge is -2.26. The molecule has 0 aromatic rings. The summed E-state index contributed by atoms with van der Waals surface area (Å²) < 4.78 is 23.6. The Labute approximate surface area is 139 Å². The summed E-state index contributed by atoms with van der Waals surface area (Å²) in [4.78, 5) is 0. The minimum absolute atomic E-state index is 0.0537. The molecule has 4 heteroatoms. The Bertz CT molecular complexity index is 285. The number of allylic oxidation sites excluding steroid dienone is 2. The van der Waals surface area contributed by atoms with Gasteiger partial charge < -0.3 is 9.05 Å². The van der Waals surface area contributed by atoms with Gasteiger partial charge in [-0.1, -0.05) is 45.8 Å². The molecule has 0 heterocycles. The van der Waals surface area contributed by atoms with Crippen molar-refractivity contribution in [3.05, 3.63) is 12.2 Å². The molecule has 0 aromatic heterocycles. The predicted molar refractivity (Wildman–Crippen MR) is 98.7 cm³/mol. The normalized spacial score (nSPS) is 13.3. The van der Waals surface area contributed by atoms with Gasteiger partial charge in [-0.25, -0.2) is 0 Å². The summed E-state index contributed by atoms with van der Waals surface area (Å²) in [6.07, 6.45) is 9.31. The van der Waals surface area contributed by atoms with E-state index in [9.17, 15) is 4.57 Å². The maximum atomic E-state index is 12.7. The fourth-order valence-electron chi connectivity index (χ4n) is 2.32. The first-order chi connectivity index (χ1) is 10.5. The first kappa shape index (κ1) is 24.1. The van der Waals surface area contributed by atoms with Crippen LogP contribution in [-0.4, -0.2) is 18.9 Å². The molecule has 0 aliphatic carbocycles. The molecule has 0 spiro atoms. The fourth-order valence-corrected chi connectivity index (χ4v) is 4.45. The van der Waals surface area contributed by atoms with Gasteiger partial charge >= 0.3 is 7.60 Å². The van der Waals surface area contributed by atoms with Crippen molar-refractivity contribution in [2.45, 2.75) is 86.2 Å². The monoisotopic (exact) mass is 334 g/mol. The minimum Gasteiger partial charge on any atom is -0.309 e. The molecular weight excluding hydrogens is 295 g/mol. The average molecular weight is 334 g/mol. The predicted octanol–water partition coefficient (Wildman–Crippen LogP) is 6.83. The highest BCUT2D eigenvalue weighted by atomic mass is 31.2. The Morgan fingerprint density at radius 2 is 1.27 bits per heavy atom. The minimum atomic E-state index is -2.91. The molecule has 0 saturated heterocycles. The Balaban J connectivity index is 0. The lowest BCUT2D eigenvalue weighted by atomic mass is 9.96. The molecule has 0 radical (unpaired) electrons. The molecule has 0 saturated carbocycles. The van der Waals surface area contributed by atoms with E-state index in [1.165, 1.54) is 12.8 Å². The Kier molecular flexibility index (Phi) is 17.3. The summed E-state index contributed by atoms with van der Waals surface area (Å²) >= 11 is 0. The first-order valence-corrected chi connectivity index (χ1v) is 10.6. The highest BCUT2D eigenvalue weighted by Crippen LogP contribution is 2.55. The zero-order valence-electron chi connectivity index (χ0n) is 15.9. The van der Waals surface area contributed by atoms with Crippen LogP contribution in [0.5, 0.6) is 0 Å². The van der Waals surface area contributed by atoms with Crippen molar-refractivity contribution in [2.75, 3.05) is 13.2 Å². The lowest BCUT2D eigenvalue weighted by molar-refractivity contribution is 0.208. The third kappa shape index (κ3) is 10.6. The van der Waals surface area contributed by atoms with Gasteiger partial charge in [-0.15, -0.1) is 0 Å². The van der Waals surface area contributed by atoms with Gasteiger partial charge in [-0.05, 0) is 52.9 Å². The van der Waals surface area contributed by atoms with E-state index in [1.54, 1.807) is 0 Å². The zero-order chi connectivity index (χ0) is 17.4. The third-order valence-electron chi connectivity index (χ3n) is 3.93. The third-order valence-corrected chi connectivity index (χ3v) is 6.69. The van der Waals surface area contributed by atoms with Gasteiger partial charge in [0.1, 0.15) is 0 Å². The van der Waals surface area contributed by atoms with Gasteiger partial charge in [0, 0.05) is 0 Å². The summed E-state index contributed by atoms with van der Waals surface area (Å²) in [5, 5.41) is 0. The largest absolute Gasteiger partial charge is 0.333 e. The van der Waals surface area contributed by atoms with Gasteiger partial charge in [-0.2, -0.15) is 0 Å². The van der Waals surface area contributed by atoms with Crippen molar-refractivity contribution >= 4 is 7.60 Å². The first-order valence-electron chi connectivity index (χ1n) is 8.95. The summed E-state index contributed by atoms with van der Waals surface area (Å²) in [7, 11) is -2.91. The second kappa shape index (κ2) is 15.8. The molecule has 0 amide bonds. The van der Waals surface area contributed by atoms with Crippen LogP contribution in [0.4, 0.5) is 0 Å². The molecule has 22 heavy (non-hydrogen) atoms. The van der Waals surface area contributed by atoms with E-state index in [0.717, 1.165) is 25.2 Å². The van der Waals surface area contributed by atoms with Crippen molar-refractivity contribution in [3.8, 4) is 0 Å². The maximum absolute atomic E-state index is 12.7. The van der Waals surface area contributed by atoms with Gasteiger partial charge in [0.25, 0.3) is 0 Å². The Hall–Kier alpha value is -0.110. The van der Waals surface area contributed by atoms with Crippen molar-refractivity contribution in [1.82, 2.24) is 0 Å². The Morgan fingerprint density at radius 3 is 1.55 bits per heavy atom. The molecule has 0 aliphatic heterocycles. The Morgan fingerprint density at radius 1 is 0.818 bits per heavy atom.